The number of hydrogen-bond acceptors (Lipinski definition) is 4. The van der Waals surface area contributed by atoms with Crippen molar-refractivity contribution in [3.63, 3.8) is 0 Å². The number of hydrogen-bond donors (Lipinski definition) is 0. The number of benzene rings is 3. The van der Waals surface area contributed by atoms with Crippen LogP contribution in [0.4, 0.5) is 0 Å². The third kappa shape index (κ3) is 4.47. The van der Waals surface area contributed by atoms with Gasteiger partial charge in [0.25, 0.3) is 5.91 Å². The second-order valence-corrected chi connectivity index (χ2v) is 7.32. The zero-order valence-corrected chi connectivity index (χ0v) is 17.3. The van der Waals surface area contributed by atoms with Crippen LogP contribution in [-0.4, -0.2) is 30.3 Å². The van der Waals surface area contributed by atoms with Gasteiger partial charge in [-0.15, -0.1) is 0 Å². The number of halogens is 1. The minimum absolute atomic E-state index is 0.111. The molecule has 3 aromatic carbocycles. The standard InChI is InChI=1S/C24H21ClN2O3/c1-29-20-11-7-18(8-12-20)23-15-22(17-5-3-2-4-6-17)26-27(23)24(28)16-30-21-13-9-19(25)10-14-21/h2-14,23H,15-16H2,1H3. The van der Waals surface area contributed by atoms with E-state index in [0.29, 0.717) is 17.2 Å². The highest BCUT2D eigenvalue weighted by molar-refractivity contribution is 6.30. The van der Waals surface area contributed by atoms with E-state index in [0.717, 1.165) is 22.6 Å². The predicted molar refractivity (Wildman–Crippen MR) is 117 cm³/mol. The third-order valence-electron chi connectivity index (χ3n) is 4.95. The van der Waals surface area contributed by atoms with Crippen LogP contribution in [0.15, 0.2) is 84.0 Å². The van der Waals surface area contributed by atoms with Crippen molar-refractivity contribution in [2.75, 3.05) is 13.7 Å². The van der Waals surface area contributed by atoms with Gasteiger partial charge in [-0.3, -0.25) is 4.79 Å². The molecule has 0 radical (unpaired) electrons. The Bertz CT molecular complexity index is 1030. The fourth-order valence-electron chi connectivity index (χ4n) is 3.37. The number of carbonyl (C=O) groups is 1. The number of hydrazone groups is 1. The van der Waals surface area contributed by atoms with Gasteiger partial charge in [-0.25, -0.2) is 5.01 Å². The van der Waals surface area contributed by atoms with Gasteiger partial charge in [0, 0.05) is 11.4 Å². The molecule has 1 aliphatic rings. The largest absolute Gasteiger partial charge is 0.497 e. The van der Waals surface area contributed by atoms with Crippen molar-refractivity contribution < 1.29 is 14.3 Å². The highest BCUT2D eigenvalue weighted by atomic mass is 35.5. The average molecular weight is 421 g/mol. The highest BCUT2D eigenvalue weighted by Crippen LogP contribution is 2.33. The van der Waals surface area contributed by atoms with Gasteiger partial charge in [-0.2, -0.15) is 5.10 Å². The predicted octanol–water partition coefficient (Wildman–Crippen LogP) is 5.11. The van der Waals surface area contributed by atoms with Crippen LogP contribution in [0.25, 0.3) is 0 Å². The number of ether oxygens (including phenoxy) is 2. The van der Waals surface area contributed by atoms with Crippen LogP contribution >= 0.6 is 11.6 Å². The summed E-state index contributed by atoms with van der Waals surface area (Å²) in [7, 11) is 1.63. The highest BCUT2D eigenvalue weighted by Gasteiger charge is 2.33. The van der Waals surface area contributed by atoms with Gasteiger partial charge in [0.15, 0.2) is 6.61 Å². The number of carbonyl (C=O) groups excluding carboxylic acids is 1. The second kappa shape index (κ2) is 9.01. The number of amides is 1. The maximum Gasteiger partial charge on any atom is 0.281 e. The lowest BCUT2D eigenvalue weighted by atomic mass is 9.98. The van der Waals surface area contributed by atoms with E-state index in [1.54, 1.807) is 31.4 Å². The van der Waals surface area contributed by atoms with Gasteiger partial charge in [0.1, 0.15) is 11.5 Å². The molecular formula is C24H21ClN2O3. The molecule has 0 spiro atoms. The van der Waals surface area contributed by atoms with E-state index in [-0.39, 0.29) is 18.6 Å². The molecule has 0 N–H and O–H groups in total. The summed E-state index contributed by atoms with van der Waals surface area (Å²) in [6.45, 7) is -0.111. The van der Waals surface area contributed by atoms with Crippen molar-refractivity contribution >= 4 is 23.2 Å². The maximum atomic E-state index is 13.0. The van der Waals surface area contributed by atoms with E-state index in [4.69, 9.17) is 21.1 Å². The molecule has 5 nitrogen and oxygen atoms in total. The van der Waals surface area contributed by atoms with Crippen molar-refractivity contribution in [2.24, 2.45) is 5.10 Å². The molecule has 1 unspecified atom stereocenters. The van der Waals surface area contributed by atoms with E-state index in [2.05, 4.69) is 5.10 Å². The van der Waals surface area contributed by atoms with Crippen LogP contribution in [0.1, 0.15) is 23.6 Å². The quantitative estimate of drug-likeness (QED) is 0.557. The summed E-state index contributed by atoms with van der Waals surface area (Å²) in [5, 5.41) is 6.80. The monoisotopic (exact) mass is 420 g/mol. The first-order valence-corrected chi connectivity index (χ1v) is 9.99. The van der Waals surface area contributed by atoms with Crippen LogP contribution in [0.5, 0.6) is 11.5 Å². The minimum atomic E-state index is -0.211. The van der Waals surface area contributed by atoms with Crippen molar-refractivity contribution in [1.29, 1.82) is 0 Å². The van der Waals surface area contributed by atoms with Crippen LogP contribution < -0.4 is 9.47 Å². The SMILES string of the molecule is COc1ccc(C2CC(c3ccccc3)=NN2C(=O)COc2ccc(Cl)cc2)cc1. The lowest BCUT2D eigenvalue weighted by Crippen LogP contribution is -2.31. The molecule has 1 aliphatic heterocycles. The number of rotatable bonds is 6. The third-order valence-corrected chi connectivity index (χ3v) is 5.20. The molecule has 0 saturated carbocycles. The zero-order valence-electron chi connectivity index (χ0n) is 16.5. The molecule has 0 aliphatic carbocycles. The Hall–Kier alpha value is -3.31. The fourth-order valence-corrected chi connectivity index (χ4v) is 3.50. The summed E-state index contributed by atoms with van der Waals surface area (Å²) in [5.74, 6) is 1.14. The van der Waals surface area contributed by atoms with Gasteiger partial charge in [0.05, 0.1) is 18.9 Å². The summed E-state index contributed by atoms with van der Waals surface area (Å²) in [6, 6.07) is 24.3. The lowest BCUT2D eigenvalue weighted by molar-refractivity contribution is -0.135. The summed E-state index contributed by atoms with van der Waals surface area (Å²) < 4.78 is 10.9. The summed E-state index contributed by atoms with van der Waals surface area (Å²) in [5.41, 5.74) is 2.87. The molecule has 0 fully saturated rings. The topological polar surface area (TPSA) is 51.1 Å². The van der Waals surface area contributed by atoms with Crippen molar-refractivity contribution in [2.45, 2.75) is 12.5 Å². The van der Waals surface area contributed by atoms with Crippen molar-refractivity contribution in [3.8, 4) is 11.5 Å². The summed E-state index contributed by atoms with van der Waals surface area (Å²) in [6.07, 6.45) is 0.628. The second-order valence-electron chi connectivity index (χ2n) is 6.89. The molecule has 0 aromatic heterocycles. The minimum Gasteiger partial charge on any atom is -0.497 e. The van der Waals surface area contributed by atoms with E-state index >= 15 is 0 Å². The molecule has 6 heteroatoms. The van der Waals surface area contributed by atoms with Gasteiger partial charge >= 0.3 is 0 Å². The van der Waals surface area contributed by atoms with Crippen LogP contribution in [0.3, 0.4) is 0 Å². The van der Waals surface area contributed by atoms with Gasteiger partial charge in [-0.1, -0.05) is 54.1 Å². The first kappa shape index (κ1) is 20.0. The Morgan fingerprint density at radius 1 is 1.00 bits per heavy atom. The molecule has 1 heterocycles. The normalized spacial score (nSPS) is 15.6. The molecule has 1 atom stereocenters. The van der Waals surface area contributed by atoms with Gasteiger partial charge in [0.2, 0.25) is 0 Å². The van der Waals surface area contributed by atoms with E-state index < -0.39 is 0 Å². The Kier molecular flexibility index (Phi) is 6.00. The van der Waals surface area contributed by atoms with E-state index in [1.165, 1.54) is 5.01 Å². The Balaban J connectivity index is 1.56. The molecule has 0 saturated heterocycles. The average Bonchev–Trinajstić information content (AvgIpc) is 3.25. The number of nitrogens with zero attached hydrogens (tertiary/aromatic N) is 2. The molecule has 152 valence electrons. The van der Waals surface area contributed by atoms with E-state index in [9.17, 15) is 4.79 Å². The van der Waals surface area contributed by atoms with Gasteiger partial charge in [-0.05, 0) is 47.5 Å². The maximum absolute atomic E-state index is 13.0. The fraction of sp³-hybridized carbons (Fsp3) is 0.167. The Morgan fingerprint density at radius 3 is 2.33 bits per heavy atom. The first-order chi connectivity index (χ1) is 14.6. The lowest BCUT2D eigenvalue weighted by Gasteiger charge is -2.22. The smallest absolute Gasteiger partial charge is 0.281 e. The van der Waals surface area contributed by atoms with Crippen LogP contribution in [-0.2, 0) is 4.79 Å². The Morgan fingerprint density at radius 2 is 1.67 bits per heavy atom. The molecule has 3 aromatic rings. The van der Waals surface area contributed by atoms with Gasteiger partial charge < -0.3 is 9.47 Å². The summed E-state index contributed by atoms with van der Waals surface area (Å²) >= 11 is 5.90. The molecule has 0 bridgehead atoms. The summed E-state index contributed by atoms with van der Waals surface area (Å²) in [4.78, 5) is 13.0. The van der Waals surface area contributed by atoms with Crippen molar-refractivity contribution in [1.82, 2.24) is 5.01 Å². The molecule has 30 heavy (non-hydrogen) atoms. The number of methoxy groups -OCH3 is 1. The molecular weight excluding hydrogens is 400 g/mol. The Labute approximate surface area is 180 Å². The zero-order chi connectivity index (χ0) is 20.9. The molecule has 4 rings (SSSR count). The molecule has 1 amide bonds. The van der Waals surface area contributed by atoms with Crippen molar-refractivity contribution in [3.05, 3.63) is 95.0 Å². The van der Waals surface area contributed by atoms with Crippen LogP contribution in [0, 0.1) is 0 Å². The first-order valence-electron chi connectivity index (χ1n) is 9.61. The van der Waals surface area contributed by atoms with E-state index in [1.807, 2.05) is 54.6 Å². The van der Waals surface area contributed by atoms with Crippen LogP contribution in [0.2, 0.25) is 5.02 Å².